The van der Waals surface area contributed by atoms with E-state index in [4.69, 9.17) is 23.0 Å². The first-order chi connectivity index (χ1) is 19.2. The zero-order valence-corrected chi connectivity index (χ0v) is 22.0. The minimum Gasteiger partial charge on any atom is -0.507 e. The van der Waals surface area contributed by atoms with Crippen LogP contribution in [0.4, 0.5) is 4.79 Å². The Morgan fingerprint density at radius 3 is 2.48 bits per heavy atom. The molecule has 1 atom stereocenters. The molecule has 1 amide bonds. The number of phenolic OH excluding ortho intramolecular Hbond substituents is 1. The SMILES string of the molecule is CCOC(=O)c1ccc(-c2coc3cc(OC(=O)C(NC(=O)OCc4ccccc4)C(C)C)cc(O)c3c2=O)o1. The average Bonchev–Trinajstić information content (AvgIpc) is 3.41. The van der Waals surface area contributed by atoms with Crippen LogP contribution in [0.5, 0.6) is 11.5 Å². The van der Waals surface area contributed by atoms with Gasteiger partial charge in [-0.05, 0) is 30.5 Å². The number of benzene rings is 2. The Hall–Kier alpha value is -5.06. The van der Waals surface area contributed by atoms with E-state index in [-0.39, 0.29) is 52.9 Å². The number of phenols is 1. The molecule has 208 valence electrons. The lowest BCUT2D eigenvalue weighted by Crippen LogP contribution is -2.46. The van der Waals surface area contributed by atoms with Gasteiger partial charge in [-0.2, -0.15) is 0 Å². The quantitative estimate of drug-likeness (QED) is 0.220. The summed E-state index contributed by atoms with van der Waals surface area (Å²) in [6.45, 7) is 5.25. The Bertz CT molecular complexity index is 1590. The summed E-state index contributed by atoms with van der Waals surface area (Å²) in [4.78, 5) is 50.2. The Balaban J connectivity index is 1.50. The molecule has 0 radical (unpaired) electrons. The lowest BCUT2D eigenvalue weighted by molar-refractivity contribution is -0.137. The third-order valence-electron chi connectivity index (χ3n) is 5.80. The van der Waals surface area contributed by atoms with Gasteiger partial charge in [0.2, 0.25) is 11.2 Å². The first-order valence-electron chi connectivity index (χ1n) is 12.4. The molecule has 40 heavy (non-hydrogen) atoms. The number of amides is 1. The van der Waals surface area contributed by atoms with Gasteiger partial charge in [-0.25, -0.2) is 14.4 Å². The molecule has 2 N–H and O–H groups in total. The van der Waals surface area contributed by atoms with Crippen molar-refractivity contribution in [3.63, 3.8) is 0 Å². The van der Waals surface area contributed by atoms with Gasteiger partial charge in [0, 0.05) is 12.1 Å². The van der Waals surface area contributed by atoms with Crippen LogP contribution in [-0.2, 0) is 20.9 Å². The molecule has 2 heterocycles. The van der Waals surface area contributed by atoms with E-state index < -0.39 is 35.3 Å². The van der Waals surface area contributed by atoms with Gasteiger partial charge < -0.3 is 33.5 Å². The van der Waals surface area contributed by atoms with Crippen LogP contribution in [0.15, 0.2) is 74.5 Å². The number of aromatic hydroxyl groups is 1. The molecule has 0 fully saturated rings. The van der Waals surface area contributed by atoms with Crippen molar-refractivity contribution in [2.45, 2.75) is 33.4 Å². The maximum absolute atomic E-state index is 13.1. The molecule has 0 bridgehead atoms. The van der Waals surface area contributed by atoms with E-state index in [0.29, 0.717) is 0 Å². The van der Waals surface area contributed by atoms with Gasteiger partial charge >= 0.3 is 18.0 Å². The molecular formula is C29H27NO10. The van der Waals surface area contributed by atoms with E-state index in [1.165, 1.54) is 18.2 Å². The molecule has 0 saturated carbocycles. The highest BCUT2D eigenvalue weighted by Crippen LogP contribution is 2.31. The standard InChI is InChI=1S/C29H27NO10/c1-4-36-27(33)22-11-10-21(40-22)19-15-37-23-13-18(12-20(31)24(23)26(19)32)39-28(34)25(16(2)3)30-29(35)38-14-17-8-6-5-7-9-17/h5-13,15-16,25,31H,4,14H2,1-3H3,(H,30,35). The molecular weight excluding hydrogens is 522 g/mol. The largest absolute Gasteiger partial charge is 0.507 e. The number of ether oxygens (including phenoxy) is 3. The van der Waals surface area contributed by atoms with Gasteiger partial charge in [-0.15, -0.1) is 0 Å². The van der Waals surface area contributed by atoms with Crippen molar-refractivity contribution in [1.82, 2.24) is 5.32 Å². The number of esters is 2. The number of alkyl carbamates (subject to hydrolysis) is 1. The molecule has 0 aliphatic carbocycles. The average molecular weight is 550 g/mol. The van der Waals surface area contributed by atoms with Gasteiger partial charge in [0.05, 0.1) is 6.61 Å². The molecule has 1 unspecified atom stereocenters. The maximum atomic E-state index is 13.1. The number of carbonyl (C=O) groups excluding carboxylic acids is 3. The van der Waals surface area contributed by atoms with Crippen LogP contribution >= 0.6 is 0 Å². The van der Waals surface area contributed by atoms with E-state index in [2.05, 4.69) is 5.32 Å². The smallest absolute Gasteiger partial charge is 0.408 e. The van der Waals surface area contributed by atoms with Crippen molar-refractivity contribution in [3.05, 3.63) is 82.4 Å². The first-order valence-corrected chi connectivity index (χ1v) is 12.4. The molecule has 4 rings (SSSR count). The number of rotatable bonds is 9. The van der Waals surface area contributed by atoms with E-state index in [1.807, 2.05) is 18.2 Å². The molecule has 0 saturated heterocycles. The molecule has 0 spiro atoms. The minimum absolute atomic E-state index is 0.0221. The van der Waals surface area contributed by atoms with Gasteiger partial charge in [-0.1, -0.05) is 44.2 Å². The van der Waals surface area contributed by atoms with Crippen LogP contribution in [0.3, 0.4) is 0 Å². The predicted octanol–water partition coefficient (Wildman–Crippen LogP) is 4.79. The normalized spacial score (nSPS) is 11.7. The summed E-state index contributed by atoms with van der Waals surface area (Å²) in [6, 6.07) is 13.1. The van der Waals surface area contributed by atoms with Crippen LogP contribution in [-0.4, -0.2) is 35.8 Å². The molecule has 11 heteroatoms. The number of hydrogen-bond donors (Lipinski definition) is 2. The summed E-state index contributed by atoms with van der Waals surface area (Å²) in [5, 5.41) is 12.9. The third kappa shape index (κ3) is 6.32. The van der Waals surface area contributed by atoms with Crippen LogP contribution in [0.1, 0.15) is 36.9 Å². The Kier molecular flexibility index (Phi) is 8.53. The van der Waals surface area contributed by atoms with E-state index >= 15 is 0 Å². The van der Waals surface area contributed by atoms with Gasteiger partial charge in [0.1, 0.15) is 52.7 Å². The summed E-state index contributed by atoms with van der Waals surface area (Å²) in [7, 11) is 0. The first kappa shape index (κ1) is 28.0. The monoisotopic (exact) mass is 549 g/mol. The van der Waals surface area contributed by atoms with E-state index in [1.54, 1.807) is 32.9 Å². The van der Waals surface area contributed by atoms with E-state index in [9.17, 15) is 24.3 Å². The van der Waals surface area contributed by atoms with Crippen molar-refractivity contribution < 1.29 is 42.5 Å². The van der Waals surface area contributed by atoms with Crippen molar-refractivity contribution in [2.75, 3.05) is 6.61 Å². The molecule has 0 aliphatic rings. The highest BCUT2D eigenvalue weighted by atomic mass is 16.6. The number of nitrogens with one attached hydrogen (secondary N) is 1. The fraction of sp³-hybridized carbons (Fsp3) is 0.241. The summed E-state index contributed by atoms with van der Waals surface area (Å²) in [5.41, 5.74) is 0.0413. The van der Waals surface area contributed by atoms with Crippen molar-refractivity contribution in [1.29, 1.82) is 0 Å². The zero-order valence-electron chi connectivity index (χ0n) is 22.0. The fourth-order valence-electron chi connectivity index (χ4n) is 3.80. The second kappa shape index (κ2) is 12.2. The van der Waals surface area contributed by atoms with Crippen LogP contribution in [0, 0.1) is 5.92 Å². The van der Waals surface area contributed by atoms with Gasteiger partial charge in [0.25, 0.3) is 0 Å². The molecule has 4 aromatic rings. The highest BCUT2D eigenvalue weighted by Gasteiger charge is 2.28. The third-order valence-corrected chi connectivity index (χ3v) is 5.80. The number of hydrogen-bond acceptors (Lipinski definition) is 10. The Morgan fingerprint density at radius 1 is 1.02 bits per heavy atom. The summed E-state index contributed by atoms with van der Waals surface area (Å²) in [6.07, 6.45) is 0.299. The highest BCUT2D eigenvalue weighted by molar-refractivity contribution is 5.90. The van der Waals surface area contributed by atoms with Gasteiger partial charge in [-0.3, -0.25) is 4.79 Å². The number of furan rings is 1. The van der Waals surface area contributed by atoms with Gasteiger partial charge in [0.15, 0.2) is 0 Å². The van der Waals surface area contributed by atoms with Crippen molar-refractivity contribution >= 4 is 29.0 Å². The minimum atomic E-state index is -1.07. The number of fused-ring (bicyclic) bond motifs is 1. The summed E-state index contributed by atoms with van der Waals surface area (Å²) >= 11 is 0. The second-order valence-electron chi connectivity index (χ2n) is 9.03. The molecule has 2 aromatic heterocycles. The van der Waals surface area contributed by atoms with Crippen molar-refractivity contribution in [3.8, 4) is 22.8 Å². The molecule has 11 nitrogen and oxygen atoms in total. The second-order valence-corrected chi connectivity index (χ2v) is 9.03. The topological polar surface area (TPSA) is 155 Å². The Labute approximate surface area is 228 Å². The number of carbonyl (C=O) groups is 3. The summed E-state index contributed by atoms with van der Waals surface area (Å²) in [5.74, 6) is -2.54. The van der Waals surface area contributed by atoms with Crippen LogP contribution < -0.4 is 15.5 Å². The lowest BCUT2D eigenvalue weighted by atomic mass is 10.1. The van der Waals surface area contributed by atoms with Crippen molar-refractivity contribution in [2.24, 2.45) is 5.92 Å². The predicted molar refractivity (Wildman–Crippen MR) is 142 cm³/mol. The van der Waals surface area contributed by atoms with Crippen LogP contribution in [0.2, 0.25) is 0 Å². The van der Waals surface area contributed by atoms with Crippen LogP contribution in [0.25, 0.3) is 22.3 Å². The van der Waals surface area contributed by atoms with E-state index in [0.717, 1.165) is 17.9 Å². The zero-order chi connectivity index (χ0) is 28.8. The maximum Gasteiger partial charge on any atom is 0.408 e. The molecule has 0 aliphatic heterocycles. The lowest BCUT2D eigenvalue weighted by Gasteiger charge is -2.20. The molecule has 2 aromatic carbocycles. The summed E-state index contributed by atoms with van der Waals surface area (Å²) < 4.78 is 26.4. The fourth-order valence-corrected chi connectivity index (χ4v) is 3.80. The Morgan fingerprint density at radius 2 is 1.77 bits per heavy atom.